The molecule has 1 N–H and O–H groups in total. The molecular weight excluding hydrogens is 240 g/mol. The van der Waals surface area contributed by atoms with Crippen LogP contribution in [0.3, 0.4) is 0 Å². The van der Waals surface area contributed by atoms with E-state index < -0.39 is 6.10 Å². The lowest BCUT2D eigenvalue weighted by molar-refractivity contribution is 0.0924. The molecule has 0 unspecified atom stereocenters. The third-order valence-corrected chi connectivity index (χ3v) is 2.97. The smallest absolute Gasteiger partial charge is 0.119 e. The SMILES string of the molecule is CC(C)c1ccc(OC[C@@H](O)Cn2ccnc2)cc1. The minimum Gasteiger partial charge on any atom is -0.491 e. The highest BCUT2D eigenvalue weighted by Gasteiger charge is 2.06. The van der Waals surface area contributed by atoms with Gasteiger partial charge in [0.1, 0.15) is 18.5 Å². The van der Waals surface area contributed by atoms with E-state index in [4.69, 9.17) is 4.74 Å². The Bertz CT molecular complexity index is 477. The van der Waals surface area contributed by atoms with Crippen molar-refractivity contribution in [2.24, 2.45) is 0 Å². The first-order chi connectivity index (χ1) is 9.15. The first-order valence-electron chi connectivity index (χ1n) is 6.51. The average molecular weight is 260 g/mol. The quantitative estimate of drug-likeness (QED) is 0.867. The van der Waals surface area contributed by atoms with Crippen LogP contribution in [0.2, 0.25) is 0 Å². The molecule has 2 aromatic rings. The fourth-order valence-corrected chi connectivity index (χ4v) is 1.83. The Morgan fingerprint density at radius 2 is 2.00 bits per heavy atom. The zero-order chi connectivity index (χ0) is 13.7. The molecule has 1 aromatic heterocycles. The number of aliphatic hydroxyl groups excluding tert-OH is 1. The Hall–Kier alpha value is -1.81. The summed E-state index contributed by atoms with van der Waals surface area (Å²) >= 11 is 0. The van der Waals surface area contributed by atoms with Gasteiger partial charge in [-0.1, -0.05) is 26.0 Å². The summed E-state index contributed by atoms with van der Waals surface area (Å²) in [5.41, 5.74) is 1.28. The lowest BCUT2D eigenvalue weighted by atomic mass is 10.0. The molecule has 4 nitrogen and oxygen atoms in total. The lowest BCUT2D eigenvalue weighted by Gasteiger charge is -2.13. The number of benzene rings is 1. The Kier molecular flexibility index (Phi) is 4.58. The molecular formula is C15H20N2O2. The van der Waals surface area contributed by atoms with Crippen LogP contribution in [0.15, 0.2) is 43.0 Å². The van der Waals surface area contributed by atoms with Crippen molar-refractivity contribution < 1.29 is 9.84 Å². The maximum Gasteiger partial charge on any atom is 0.119 e. The Morgan fingerprint density at radius 1 is 1.26 bits per heavy atom. The van der Waals surface area contributed by atoms with E-state index in [1.165, 1.54) is 5.56 Å². The van der Waals surface area contributed by atoms with Crippen LogP contribution in [-0.4, -0.2) is 27.4 Å². The molecule has 0 fully saturated rings. The van der Waals surface area contributed by atoms with Gasteiger partial charge in [-0.05, 0) is 23.6 Å². The van der Waals surface area contributed by atoms with Crippen LogP contribution in [0.25, 0.3) is 0 Å². The number of rotatable bonds is 6. The minimum atomic E-state index is -0.543. The maximum atomic E-state index is 9.85. The maximum absolute atomic E-state index is 9.85. The second-order valence-electron chi connectivity index (χ2n) is 4.95. The predicted molar refractivity (Wildman–Crippen MR) is 74.3 cm³/mol. The first-order valence-corrected chi connectivity index (χ1v) is 6.51. The van der Waals surface area contributed by atoms with E-state index in [1.807, 2.05) is 22.9 Å². The van der Waals surface area contributed by atoms with Crippen molar-refractivity contribution in [1.29, 1.82) is 0 Å². The van der Waals surface area contributed by atoms with Crippen LogP contribution in [0.5, 0.6) is 5.75 Å². The fraction of sp³-hybridized carbons (Fsp3) is 0.400. The van der Waals surface area contributed by atoms with Crippen molar-refractivity contribution in [1.82, 2.24) is 9.55 Å². The van der Waals surface area contributed by atoms with Crippen LogP contribution in [0.4, 0.5) is 0 Å². The monoisotopic (exact) mass is 260 g/mol. The van der Waals surface area contributed by atoms with Gasteiger partial charge in [0.05, 0.1) is 12.9 Å². The zero-order valence-electron chi connectivity index (χ0n) is 11.4. The van der Waals surface area contributed by atoms with Crippen LogP contribution in [0.1, 0.15) is 25.3 Å². The third kappa shape index (κ3) is 4.10. The number of nitrogens with zero attached hydrogens (tertiary/aromatic N) is 2. The third-order valence-electron chi connectivity index (χ3n) is 2.97. The standard InChI is InChI=1S/C15H20N2O2/c1-12(2)13-3-5-15(6-4-13)19-10-14(18)9-17-8-7-16-11-17/h3-8,11-12,14,18H,9-10H2,1-2H3/t14-/m0/s1. The number of hydrogen-bond acceptors (Lipinski definition) is 3. The van der Waals surface area contributed by atoms with E-state index in [1.54, 1.807) is 12.5 Å². The number of hydrogen-bond donors (Lipinski definition) is 1. The summed E-state index contributed by atoms with van der Waals surface area (Å²) in [4.78, 5) is 3.93. The highest BCUT2D eigenvalue weighted by Crippen LogP contribution is 2.18. The van der Waals surface area contributed by atoms with Gasteiger partial charge in [0, 0.05) is 12.4 Å². The molecule has 0 aliphatic heterocycles. The Balaban J connectivity index is 1.81. The van der Waals surface area contributed by atoms with Crippen molar-refractivity contribution >= 4 is 0 Å². The van der Waals surface area contributed by atoms with Gasteiger partial charge < -0.3 is 14.4 Å². The summed E-state index contributed by atoms with van der Waals surface area (Å²) in [6.07, 6.45) is 4.65. The summed E-state index contributed by atoms with van der Waals surface area (Å²) in [5.74, 6) is 1.30. The van der Waals surface area contributed by atoms with Gasteiger partial charge in [-0.2, -0.15) is 0 Å². The van der Waals surface area contributed by atoms with Gasteiger partial charge in [-0.3, -0.25) is 0 Å². The van der Waals surface area contributed by atoms with Crippen molar-refractivity contribution in [3.05, 3.63) is 48.5 Å². The van der Waals surface area contributed by atoms with Gasteiger partial charge in [0.2, 0.25) is 0 Å². The summed E-state index contributed by atoms with van der Waals surface area (Å²) in [5, 5.41) is 9.85. The van der Waals surface area contributed by atoms with Gasteiger partial charge >= 0.3 is 0 Å². The molecule has 102 valence electrons. The Labute approximate surface area is 113 Å². The summed E-state index contributed by atoms with van der Waals surface area (Å²) < 4.78 is 7.40. The molecule has 0 aliphatic rings. The minimum absolute atomic E-state index is 0.277. The number of ether oxygens (including phenoxy) is 1. The van der Waals surface area contributed by atoms with Crippen molar-refractivity contribution in [3.8, 4) is 5.75 Å². The second kappa shape index (κ2) is 6.38. The summed E-state index contributed by atoms with van der Waals surface area (Å²) in [6, 6.07) is 8.00. The lowest BCUT2D eigenvalue weighted by Crippen LogP contribution is -2.22. The average Bonchev–Trinajstić information content (AvgIpc) is 2.89. The van der Waals surface area contributed by atoms with E-state index >= 15 is 0 Å². The largest absolute Gasteiger partial charge is 0.491 e. The predicted octanol–water partition coefficient (Wildman–Crippen LogP) is 2.45. The van der Waals surface area contributed by atoms with E-state index in [-0.39, 0.29) is 6.61 Å². The van der Waals surface area contributed by atoms with Gasteiger partial charge in [0.25, 0.3) is 0 Å². The van der Waals surface area contributed by atoms with Gasteiger partial charge in [0.15, 0.2) is 0 Å². The number of imidazole rings is 1. The molecule has 0 saturated heterocycles. The molecule has 1 heterocycles. The highest BCUT2D eigenvalue weighted by molar-refractivity contribution is 5.28. The molecule has 4 heteroatoms. The Morgan fingerprint density at radius 3 is 2.58 bits per heavy atom. The van der Waals surface area contributed by atoms with Crippen LogP contribution in [0, 0.1) is 0 Å². The second-order valence-corrected chi connectivity index (χ2v) is 4.95. The van der Waals surface area contributed by atoms with E-state index in [0.29, 0.717) is 12.5 Å². The topological polar surface area (TPSA) is 47.3 Å². The van der Waals surface area contributed by atoms with Gasteiger partial charge in [-0.15, -0.1) is 0 Å². The molecule has 0 aliphatic carbocycles. The molecule has 0 amide bonds. The molecule has 0 radical (unpaired) electrons. The van der Waals surface area contributed by atoms with Crippen molar-refractivity contribution in [2.45, 2.75) is 32.4 Å². The molecule has 19 heavy (non-hydrogen) atoms. The molecule has 1 atom stereocenters. The van der Waals surface area contributed by atoms with Crippen LogP contribution >= 0.6 is 0 Å². The van der Waals surface area contributed by atoms with E-state index in [2.05, 4.69) is 31.0 Å². The normalized spacial score (nSPS) is 12.6. The summed E-state index contributed by atoms with van der Waals surface area (Å²) in [6.45, 7) is 5.08. The van der Waals surface area contributed by atoms with Crippen LogP contribution < -0.4 is 4.74 Å². The molecule has 2 rings (SSSR count). The molecule has 0 bridgehead atoms. The van der Waals surface area contributed by atoms with Crippen molar-refractivity contribution in [2.75, 3.05) is 6.61 Å². The molecule has 0 saturated carbocycles. The first kappa shape index (κ1) is 13.6. The number of aromatic nitrogens is 2. The molecule has 0 spiro atoms. The van der Waals surface area contributed by atoms with Crippen molar-refractivity contribution in [3.63, 3.8) is 0 Å². The van der Waals surface area contributed by atoms with Gasteiger partial charge in [-0.25, -0.2) is 4.98 Å². The number of aliphatic hydroxyl groups is 1. The van der Waals surface area contributed by atoms with E-state index in [9.17, 15) is 5.11 Å². The fourth-order valence-electron chi connectivity index (χ4n) is 1.83. The highest BCUT2D eigenvalue weighted by atomic mass is 16.5. The van der Waals surface area contributed by atoms with E-state index in [0.717, 1.165) is 5.75 Å². The van der Waals surface area contributed by atoms with Crippen LogP contribution in [-0.2, 0) is 6.54 Å². The molecule has 1 aromatic carbocycles. The zero-order valence-corrected chi connectivity index (χ0v) is 11.4. The summed E-state index contributed by atoms with van der Waals surface area (Å²) in [7, 11) is 0.